The first kappa shape index (κ1) is 20.5. The molecule has 0 bridgehead atoms. The summed E-state index contributed by atoms with van der Waals surface area (Å²) in [5.41, 5.74) is -2.85. The van der Waals surface area contributed by atoms with Crippen molar-refractivity contribution in [3.05, 3.63) is 63.3 Å². The van der Waals surface area contributed by atoms with Crippen LogP contribution in [0.3, 0.4) is 0 Å². The Bertz CT molecular complexity index is 1060. The van der Waals surface area contributed by atoms with Crippen LogP contribution in [0.1, 0.15) is 5.69 Å². The van der Waals surface area contributed by atoms with Gasteiger partial charge in [0.25, 0.3) is 0 Å². The van der Waals surface area contributed by atoms with Crippen LogP contribution in [0.5, 0.6) is 11.5 Å². The molecule has 0 unspecified atom stereocenters. The quantitative estimate of drug-likeness (QED) is 0.404. The summed E-state index contributed by atoms with van der Waals surface area (Å²) in [6.45, 7) is 0. The second-order valence-corrected chi connectivity index (χ2v) is 6.34. The summed E-state index contributed by atoms with van der Waals surface area (Å²) < 4.78 is 51.7. The van der Waals surface area contributed by atoms with Crippen LogP contribution < -0.4 is 9.47 Å². The molecule has 152 valence electrons. The van der Waals surface area contributed by atoms with Crippen molar-refractivity contribution in [1.29, 1.82) is 0 Å². The number of aromatic nitrogens is 1. The van der Waals surface area contributed by atoms with Crippen LogP contribution in [0.2, 0.25) is 5.02 Å². The van der Waals surface area contributed by atoms with Crippen molar-refractivity contribution in [2.75, 3.05) is 14.2 Å². The summed E-state index contributed by atoms with van der Waals surface area (Å²) >= 11 is 5.81. The molecule has 3 aromatic rings. The largest absolute Gasteiger partial charge is 0.493 e. The fraction of sp³-hybridized carbons (Fsp3) is 0.158. The van der Waals surface area contributed by atoms with E-state index < -0.39 is 28.0 Å². The highest BCUT2D eigenvalue weighted by molar-refractivity contribution is 6.30. The van der Waals surface area contributed by atoms with Crippen molar-refractivity contribution < 1.29 is 27.6 Å². The monoisotopic (exact) mass is 426 g/mol. The molecule has 0 radical (unpaired) electrons. The lowest BCUT2D eigenvalue weighted by Gasteiger charge is -2.11. The first-order valence-electron chi connectivity index (χ1n) is 8.13. The minimum Gasteiger partial charge on any atom is -0.493 e. The van der Waals surface area contributed by atoms with Gasteiger partial charge in [-0.1, -0.05) is 29.8 Å². The van der Waals surface area contributed by atoms with Gasteiger partial charge in [-0.05, 0) is 29.8 Å². The average Bonchev–Trinajstić information content (AvgIpc) is 3.09. The topological polar surface area (TPSA) is 77.4 Å². The van der Waals surface area contributed by atoms with Crippen molar-refractivity contribution in [1.82, 2.24) is 4.98 Å². The number of para-hydroxylation sites is 1. The molecular weight excluding hydrogens is 413 g/mol. The third-order valence-electron chi connectivity index (χ3n) is 4.24. The SMILES string of the molecule is COc1cccc(-c2[nH]c(C(F)(F)F)c(-c3ccc(Cl)cc3)c2[N+](=O)[O-])c1OC. The van der Waals surface area contributed by atoms with Crippen molar-refractivity contribution in [2.45, 2.75) is 6.18 Å². The van der Waals surface area contributed by atoms with Gasteiger partial charge in [0.2, 0.25) is 0 Å². The molecule has 0 saturated carbocycles. The van der Waals surface area contributed by atoms with Crippen molar-refractivity contribution in [2.24, 2.45) is 0 Å². The Hall–Kier alpha value is -3.20. The van der Waals surface area contributed by atoms with E-state index in [0.29, 0.717) is 0 Å². The number of nitrogens with one attached hydrogen (secondary N) is 1. The van der Waals surface area contributed by atoms with E-state index in [1.807, 2.05) is 0 Å². The van der Waals surface area contributed by atoms with Gasteiger partial charge in [0.1, 0.15) is 11.4 Å². The number of hydrogen-bond donors (Lipinski definition) is 1. The fourth-order valence-corrected chi connectivity index (χ4v) is 3.19. The number of methoxy groups -OCH3 is 2. The first-order chi connectivity index (χ1) is 13.7. The summed E-state index contributed by atoms with van der Waals surface area (Å²) in [7, 11) is 2.64. The molecule has 3 rings (SSSR count). The lowest BCUT2D eigenvalue weighted by Crippen LogP contribution is -2.07. The van der Waals surface area contributed by atoms with Gasteiger partial charge in [-0.2, -0.15) is 13.2 Å². The van der Waals surface area contributed by atoms with E-state index in [-0.39, 0.29) is 33.3 Å². The molecular formula is C19H14ClF3N2O4. The fourth-order valence-electron chi connectivity index (χ4n) is 3.06. The highest BCUT2D eigenvalue weighted by Crippen LogP contribution is 2.49. The molecule has 1 aromatic heterocycles. The summed E-state index contributed by atoms with van der Waals surface area (Å²) in [4.78, 5) is 13.2. The van der Waals surface area contributed by atoms with Crippen molar-refractivity contribution in [3.8, 4) is 33.9 Å². The van der Waals surface area contributed by atoms with Gasteiger partial charge < -0.3 is 14.5 Å². The second-order valence-electron chi connectivity index (χ2n) is 5.90. The van der Waals surface area contributed by atoms with E-state index >= 15 is 0 Å². The Kier molecular flexibility index (Phi) is 5.43. The van der Waals surface area contributed by atoms with E-state index in [9.17, 15) is 23.3 Å². The summed E-state index contributed by atoms with van der Waals surface area (Å²) in [5.74, 6) is 0.284. The molecule has 0 atom stereocenters. The summed E-state index contributed by atoms with van der Waals surface area (Å²) in [6, 6.07) is 9.74. The maximum atomic E-state index is 13.8. The number of rotatable bonds is 5. The Morgan fingerprint density at radius 2 is 1.72 bits per heavy atom. The van der Waals surface area contributed by atoms with Gasteiger partial charge in [0.15, 0.2) is 11.5 Å². The summed E-state index contributed by atoms with van der Waals surface area (Å²) in [5, 5.41) is 12.2. The minimum absolute atomic E-state index is 0.00205. The third-order valence-corrected chi connectivity index (χ3v) is 4.50. The highest BCUT2D eigenvalue weighted by atomic mass is 35.5. The van der Waals surface area contributed by atoms with E-state index in [2.05, 4.69) is 4.98 Å². The molecule has 0 aliphatic carbocycles. The van der Waals surface area contributed by atoms with Crippen LogP contribution >= 0.6 is 11.6 Å². The Morgan fingerprint density at radius 3 is 2.24 bits per heavy atom. The van der Waals surface area contributed by atoms with Gasteiger partial charge in [-0.15, -0.1) is 0 Å². The van der Waals surface area contributed by atoms with Crippen molar-refractivity contribution in [3.63, 3.8) is 0 Å². The maximum absolute atomic E-state index is 13.8. The van der Waals surface area contributed by atoms with Crippen LogP contribution in [-0.2, 0) is 6.18 Å². The van der Waals surface area contributed by atoms with Gasteiger partial charge >= 0.3 is 11.9 Å². The minimum atomic E-state index is -4.87. The zero-order chi connectivity index (χ0) is 21.3. The van der Waals surface area contributed by atoms with Gasteiger partial charge in [0.05, 0.1) is 30.3 Å². The molecule has 10 heteroatoms. The molecule has 6 nitrogen and oxygen atoms in total. The predicted molar refractivity (Wildman–Crippen MR) is 101 cm³/mol. The number of alkyl halides is 3. The van der Waals surface area contributed by atoms with E-state index in [1.54, 1.807) is 0 Å². The van der Waals surface area contributed by atoms with Crippen molar-refractivity contribution >= 4 is 17.3 Å². The molecule has 0 aliphatic rings. The Morgan fingerprint density at radius 1 is 1.07 bits per heavy atom. The molecule has 0 amide bonds. The number of nitro groups is 1. The zero-order valence-electron chi connectivity index (χ0n) is 15.1. The number of aromatic amines is 1. The van der Waals surface area contributed by atoms with Gasteiger partial charge in [-0.25, -0.2) is 0 Å². The zero-order valence-corrected chi connectivity index (χ0v) is 15.9. The van der Waals surface area contributed by atoms with Crippen LogP contribution in [0, 0.1) is 10.1 Å². The molecule has 0 aliphatic heterocycles. The Labute approximate surface area is 168 Å². The third kappa shape index (κ3) is 3.73. The predicted octanol–water partition coefficient (Wildman–Crippen LogP) is 5.95. The van der Waals surface area contributed by atoms with Crippen LogP contribution in [0.4, 0.5) is 18.9 Å². The summed E-state index contributed by atoms with van der Waals surface area (Å²) in [6.07, 6.45) is -4.87. The first-order valence-corrected chi connectivity index (χ1v) is 8.51. The van der Waals surface area contributed by atoms with Crippen LogP contribution in [0.15, 0.2) is 42.5 Å². The number of hydrogen-bond acceptors (Lipinski definition) is 4. The second kappa shape index (κ2) is 7.67. The van der Waals surface area contributed by atoms with Crippen LogP contribution in [-0.4, -0.2) is 24.1 Å². The van der Waals surface area contributed by atoms with Crippen LogP contribution in [0.25, 0.3) is 22.4 Å². The lowest BCUT2D eigenvalue weighted by molar-refractivity contribution is -0.383. The smallest absolute Gasteiger partial charge is 0.432 e. The number of H-pyrrole nitrogens is 1. The molecule has 1 heterocycles. The highest BCUT2D eigenvalue weighted by Gasteiger charge is 2.42. The lowest BCUT2D eigenvalue weighted by atomic mass is 10.0. The average molecular weight is 427 g/mol. The number of benzene rings is 2. The molecule has 2 aromatic carbocycles. The molecule has 1 N–H and O–H groups in total. The Balaban J connectivity index is 2.42. The van der Waals surface area contributed by atoms with E-state index in [0.717, 1.165) is 0 Å². The molecule has 29 heavy (non-hydrogen) atoms. The van der Waals surface area contributed by atoms with E-state index in [4.69, 9.17) is 21.1 Å². The standard InChI is InChI=1S/C19H14ClF3N2O4/c1-28-13-5-3-4-12(17(13)29-2)15-16(25(26)27)14(18(24-15)19(21,22)23)10-6-8-11(20)9-7-10/h3-9,24H,1-2H3. The van der Waals surface area contributed by atoms with E-state index in [1.165, 1.54) is 56.7 Å². The molecule has 0 spiro atoms. The number of nitrogens with zero attached hydrogens (tertiary/aromatic N) is 1. The molecule has 0 saturated heterocycles. The maximum Gasteiger partial charge on any atom is 0.432 e. The number of ether oxygens (including phenoxy) is 2. The van der Waals surface area contributed by atoms with Gasteiger partial charge in [-0.3, -0.25) is 10.1 Å². The van der Waals surface area contributed by atoms with Gasteiger partial charge in [0, 0.05) is 5.02 Å². The normalized spacial score (nSPS) is 11.4. The molecule has 0 fully saturated rings. The number of halogens is 4.